The number of benzene rings is 2. The quantitative estimate of drug-likeness (QED) is 0.156. The summed E-state index contributed by atoms with van der Waals surface area (Å²) < 4.78 is 29.3. The van der Waals surface area contributed by atoms with Crippen LogP contribution in [-0.4, -0.2) is 22.1 Å². The summed E-state index contributed by atoms with van der Waals surface area (Å²) in [6.07, 6.45) is 14.8. The molecule has 0 bridgehead atoms. The molecule has 2 aromatic carbocycles. The lowest BCUT2D eigenvalue weighted by molar-refractivity contribution is 0.123. The minimum atomic E-state index is 0.490. The second-order valence-corrected chi connectivity index (χ2v) is 22.6. The maximum absolute atomic E-state index is 5.47. The third kappa shape index (κ3) is 13.5. The van der Waals surface area contributed by atoms with Crippen molar-refractivity contribution in [1.82, 2.24) is 15.0 Å². The largest absolute Gasteiger partial charge is 0.497 e. The molecule has 0 amide bonds. The van der Waals surface area contributed by atoms with Gasteiger partial charge in [-0.2, -0.15) is 0 Å². The molecule has 0 atom stereocenters. The van der Waals surface area contributed by atoms with E-state index in [0.29, 0.717) is 42.1 Å². The highest BCUT2D eigenvalue weighted by Gasteiger charge is 2.21. The van der Waals surface area contributed by atoms with Crippen molar-refractivity contribution in [2.24, 2.45) is 0 Å². The summed E-state index contributed by atoms with van der Waals surface area (Å²) in [5.74, 6) is 5.24. The predicted octanol–water partition coefficient (Wildman–Crippen LogP) is 19.8. The normalized spacial score (nSPS) is 11.9. The molecule has 0 saturated heterocycles. The van der Waals surface area contributed by atoms with Gasteiger partial charge in [0.05, 0.1) is 37.2 Å². The van der Waals surface area contributed by atoms with Crippen molar-refractivity contribution in [1.29, 1.82) is 0 Å². The van der Waals surface area contributed by atoms with Crippen molar-refractivity contribution in [3.05, 3.63) is 177 Å². The number of pyridine rings is 3. The number of hydrogen-bond acceptors (Lipinski definition) is 11. The fourth-order valence-corrected chi connectivity index (χ4v) is 11.8. The van der Waals surface area contributed by atoms with E-state index in [4.69, 9.17) is 22.7 Å². The SMILES string of the molecule is CC(C)c1coc2c1COC2.CC(C)c1coc2ccncc12.CC(C)c1csc2ccccc12.CC(C)c1csc2cnccc12.CC(C)c1csc2ncccc12.COc1ccc2c(C(C)C)coc2c1. The average Bonchev–Trinajstić information content (AvgIpc) is 4.25. The Morgan fingerprint density at radius 1 is 0.466 bits per heavy atom. The van der Waals surface area contributed by atoms with Gasteiger partial charge in [-0.05, 0) is 121 Å². The summed E-state index contributed by atoms with van der Waals surface area (Å²) in [5, 5.41) is 13.1. The highest BCUT2D eigenvalue weighted by molar-refractivity contribution is 7.17. The molecule has 0 spiro atoms. The lowest BCUT2D eigenvalue weighted by atomic mass is 10.0. The number of nitrogens with zero attached hydrogens (tertiary/aromatic N) is 3. The lowest BCUT2D eigenvalue weighted by Gasteiger charge is -2.01. The Balaban J connectivity index is 0.000000128. The van der Waals surface area contributed by atoms with Crippen LogP contribution >= 0.6 is 34.0 Å². The van der Waals surface area contributed by atoms with Gasteiger partial charge in [0, 0.05) is 74.6 Å². The number of fused-ring (bicyclic) bond motifs is 6. The Kier molecular flexibility index (Phi) is 19.2. The number of aromatic nitrogens is 3. The summed E-state index contributed by atoms with van der Waals surface area (Å²) in [6.45, 7) is 27.7. The molecule has 73 heavy (non-hydrogen) atoms. The summed E-state index contributed by atoms with van der Waals surface area (Å²) >= 11 is 5.35. The molecule has 0 radical (unpaired) electrons. The summed E-state index contributed by atoms with van der Waals surface area (Å²) in [7, 11) is 1.66. The zero-order valence-electron chi connectivity index (χ0n) is 44.7. The van der Waals surface area contributed by atoms with E-state index in [1.165, 1.54) is 69.9 Å². The van der Waals surface area contributed by atoms with E-state index >= 15 is 0 Å². The lowest BCUT2D eigenvalue weighted by Crippen LogP contribution is -1.89. The van der Waals surface area contributed by atoms with Gasteiger partial charge in [-0.1, -0.05) is 107 Å². The fourth-order valence-electron chi connectivity index (χ4n) is 8.52. The van der Waals surface area contributed by atoms with Gasteiger partial charge in [0.15, 0.2) is 0 Å². The highest BCUT2D eigenvalue weighted by Crippen LogP contribution is 2.34. The van der Waals surface area contributed by atoms with E-state index in [2.05, 4.69) is 151 Å². The number of thiophene rings is 3. The minimum Gasteiger partial charge on any atom is -0.497 e. The van der Waals surface area contributed by atoms with Crippen molar-refractivity contribution in [2.75, 3.05) is 7.11 Å². The molecule has 12 rings (SSSR count). The number of furan rings is 3. The molecule has 9 aromatic heterocycles. The average molecular weight is 1030 g/mol. The van der Waals surface area contributed by atoms with Crippen LogP contribution < -0.4 is 4.74 Å². The van der Waals surface area contributed by atoms with Crippen LogP contribution in [-0.2, 0) is 18.0 Å². The van der Waals surface area contributed by atoms with E-state index in [9.17, 15) is 0 Å². The van der Waals surface area contributed by atoms with E-state index in [-0.39, 0.29) is 0 Å². The highest BCUT2D eigenvalue weighted by atomic mass is 32.1. The first-order valence-corrected chi connectivity index (χ1v) is 27.9. The van der Waals surface area contributed by atoms with Gasteiger partial charge < -0.3 is 22.7 Å². The van der Waals surface area contributed by atoms with Crippen molar-refractivity contribution in [3.8, 4) is 5.75 Å². The van der Waals surface area contributed by atoms with Crippen molar-refractivity contribution < 1.29 is 22.7 Å². The zero-order valence-corrected chi connectivity index (χ0v) is 47.1. The first-order valence-electron chi connectivity index (χ1n) is 25.3. The molecule has 1 aliphatic rings. The van der Waals surface area contributed by atoms with Crippen LogP contribution in [0.1, 0.15) is 163 Å². The maximum Gasteiger partial charge on any atom is 0.137 e. The molecule has 10 heterocycles. The third-order valence-electron chi connectivity index (χ3n) is 12.7. The van der Waals surface area contributed by atoms with Crippen LogP contribution in [0.4, 0.5) is 0 Å². The molecule has 382 valence electrons. The fraction of sp³-hybridized carbons (Fsp3) is 0.339. The standard InChI is InChI=1S/C12H14O2.C11H12S.C10H11NO.2C10H11NS.C9H12O2/c1-8(2)11-7-14-12-6-9(13-3)4-5-10(11)12;1-8(2)10-7-12-11-6-4-3-5-9(10)11;1-7(2)9-6-12-10-3-4-11-5-8(9)10;1-7(2)9-6-12-10-5-11-4-3-8(9)10;1-7(2)9-6-12-10-8(9)4-3-5-11-10;1-6(2)7-4-11-9-5-10-3-8(7)9/h4-8H,1-3H3;3-8H,1-2H3;3*3-7H,1-2H3;4,6H,3,5H2,1-2H3. The number of hydrogen-bond donors (Lipinski definition) is 0. The van der Waals surface area contributed by atoms with Gasteiger partial charge in [-0.3, -0.25) is 9.97 Å². The van der Waals surface area contributed by atoms with Gasteiger partial charge in [-0.15, -0.1) is 34.0 Å². The van der Waals surface area contributed by atoms with Gasteiger partial charge in [0.1, 0.15) is 34.1 Å². The molecule has 0 fully saturated rings. The molecular formula is C62H71N3O5S3. The van der Waals surface area contributed by atoms with Gasteiger partial charge in [0.2, 0.25) is 0 Å². The molecule has 0 unspecified atom stereocenters. The van der Waals surface area contributed by atoms with E-state index in [1.54, 1.807) is 36.0 Å². The Bertz CT molecular complexity index is 3120. The minimum absolute atomic E-state index is 0.490. The van der Waals surface area contributed by atoms with Crippen LogP contribution in [0.15, 0.2) is 146 Å². The number of ether oxygens (including phenoxy) is 2. The van der Waals surface area contributed by atoms with Gasteiger partial charge in [-0.25, -0.2) is 4.98 Å². The number of methoxy groups -OCH3 is 1. The molecular weight excluding hydrogens is 963 g/mol. The topological polar surface area (TPSA) is 96.6 Å². The van der Waals surface area contributed by atoms with Crippen LogP contribution in [0.2, 0.25) is 0 Å². The van der Waals surface area contributed by atoms with E-state index in [1.807, 2.05) is 85.2 Å². The van der Waals surface area contributed by atoms with Gasteiger partial charge in [0.25, 0.3) is 0 Å². The Morgan fingerprint density at radius 3 is 1.71 bits per heavy atom. The Hall–Kier alpha value is -6.11. The van der Waals surface area contributed by atoms with E-state index < -0.39 is 0 Å². The first-order chi connectivity index (χ1) is 35.2. The summed E-state index contributed by atoms with van der Waals surface area (Å²) in [6, 6.07) is 22.7. The molecule has 11 heteroatoms. The van der Waals surface area contributed by atoms with E-state index in [0.717, 1.165) is 39.5 Å². The second kappa shape index (κ2) is 25.7. The van der Waals surface area contributed by atoms with Crippen molar-refractivity contribution in [2.45, 2.75) is 132 Å². The maximum atomic E-state index is 5.47. The first kappa shape index (κ1) is 54.7. The molecule has 0 saturated carbocycles. The van der Waals surface area contributed by atoms with Crippen LogP contribution in [0.3, 0.4) is 0 Å². The van der Waals surface area contributed by atoms with Crippen molar-refractivity contribution >= 4 is 86.3 Å². The molecule has 11 aromatic rings. The molecule has 8 nitrogen and oxygen atoms in total. The molecule has 0 aliphatic carbocycles. The number of rotatable bonds is 7. The zero-order chi connectivity index (χ0) is 52.2. The Labute approximate surface area is 443 Å². The van der Waals surface area contributed by atoms with Crippen LogP contribution in [0, 0.1) is 0 Å². The summed E-state index contributed by atoms with van der Waals surface area (Å²) in [5.41, 5.74) is 11.2. The Morgan fingerprint density at radius 2 is 1.03 bits per heavy atom. The smallest absolute Gasteiger partial charge is 0.137 e. The molecule has 1 aliphatic heterocycles. The van der Waals surface area contributed by atoms with Crippen LogP contribution in [0.5, 0.6) is 5.75 Å². The van der Waals surface area contributed by atoms with Crippen molar-refractivity contribution in [3.63, 3.8) is 0 Å². The third-order valence-corrected chi connectivity index (χ3v) is 15.6. The monoisotopic (exact) mass is 1030 g/mol. The summed E-state index contributed by atoms with van der Waals surface area (Å²) in [4.78, 5) is 13.6. The second-order valence-electron chi connectivity index (χ2n) is 19.9. The predicted molar refractivity (Wildman–Crippen MR) is 310 cm³/mol. The van der Waals surface area contributed by atoms with Crippen LogP contribution in [0.25, 0.3) is 52.3 Å². The molecule has 0 N–H and O–H groups in total. The van der Waals surface area contributed by atoms with Gasteiger partial charge >= 0.3 is 0 Å².